The zero-order valence-electron chi connectivity index (χ0n) is 15.1. The minimum absolute atomic E-state index is 0.169. The van der Waals surface area contributed by atoms with Crippen molar-refractivity contribution in [3.63, 3.8) is 0 Å². The van der Waals surface area contributed by atoms with Crippen molar-refractivity contribution in [1.29, 1.82) is 0 Å². The normalized spacial score (nSPS) is 11.2. The van der Waals surface area contributed by atoms with Gasteiger partial charge in [0.05, 0.1) is 11.9 Å². The van der Waals surface area contributed by atoms with Crippen LogP contribution >= 0.6 is 11.6 Å². The molecule has 5 nitrogen and oxygen atoms in total. The van der Waals surface area contributed by atoms with Crippen molar-refractivity contribution in [3.8, 4) is 0 Å². The first-order valence-electron chi connectivity index (χ1n) is 8.25. The predicted octanol–water partition coefficient (Wildman–Crippen LogP) is 3.41. The van der Waals surface area contributed by atoms with Crippen LogP contribution in [0.4, 0.5) is 5.69 Å². The van der Waals surface area contributed by atoms with E-state index in [0.29, 0.717) is 22.8 Å². The van der Waals surface area contributed by atoms with Crippen LogP contribution < -0.4 is 9.62 Å². The van der Waals surface area contributed by atoms with E-state index in [0.717, 1.165) is 24.7 Å². The van der Waals surface area contributed by atoms with Gasteiger partial charge in [0.15, 0.2) is 0 Å². The zero-order valence-corrected chi connectivity index (χ0v) is 16.7. The Morgan fingerprint density at radius 2 is 1.81 bits per heavy atom. The maximum Gasteiger partial charge on any atom is 0.251 e. The Morgan fingerprint density at radius 3 is 2.38 bits per heavy atom. The van der Waals surface area contributed by atoms with Gasteiger partial charge in [-0.05, 0) is 61.2 Å². The molecule has 140 valence electrons. The van der Waals surface area contributed by atoms with E-state index in [1.807, 2.05) is 24.3 Å². The van der Waals surface area contributed by atoms with Gasteiger partial charge in [0.25, 0.3) is 5.91 Å². The van der Waals surface area contributed by atoms with Crippen LogP contribution in [0.2, 0.25) is 5.02 Å². The van der Waals surface area contributed by atoms with Crippen molar-refractivity contribution >= 4 is 33.2 Å². The van der Waals surface area contributed by atoms with E-state index in [-0.39, 0.29) is 5.91 Å². The van der Waals surface area contributed by atoms with Gasteiger partial charge in [0.2, 0.25) is 10.0 Å². The second-order valence-corrected chi connectivity index (χ2v) is 8.67. The fourth-order valence-corrected chi connectivity index (χ4v) is 3.26. The fourth-order valence-electron chi connectivity index (χ4n) is 2.58. The molecule has 0 saturated carbocycles. The van der Waals surface area contributed by atoms with Crippen LogP contribution in [0.3, 0.4) is 0 Å². The molecule has 0 radical (unpaired) electrons. The number of amides is 1. The number of rotatable bonds is 7. The van der Waals surface area contributed by atoms with Crippen LogP contribution in [0.5, 0.6) is 0 Å². The number of anilines is 1. The highest BCUT2D eigenvalue weighted by Gasteiger charge is 2.15. The molecule has 1 N–H and O–H groups in total. The zero-order chi connectivity index (χ0) is 19.3. The van der Waals surface area contributed by atoms with Crippen LogP contribution in [0.1, 0.15) is 27.9 Å². The number of nitrogens with one attached hydrogen (secondary N) is 1. The summed E-state index contributed by atoms with van der Waals surface area (Å²) in [4.78, 5) is 12.3. The third-order valence-corrected chi connectivity index (χ3v) is 5.58. The molecule has 0 spiro atoms. The summed E-state index contributed by atoms with van der Waals surface area (Å²) < 4.78 is 24.5. The van der Waals surface area contributed by atoms with E-state index >= 15 is 0 Å². The van der Waals surface area contributed by atoms with Gasteiger partial charge in [-0.2, -0.15) is 0 Å². The predicted molar refractivity (Wildman–Crippen MR) is 107 cm³/mol. The number of hydrogen-bond acceptors (Lipinski definition) is 3. The highest BCUT2D eigenvalue weighted by Crippen LogP contribution is 2.22. The lowest BCUT2D eigenvalue weighted by Crippen LogP contribution is -2.27. The molecule has 0 bridgehead atoms. The number of hydrogen-bond donors (Lipinski definition) is 1. The smallest absolute Gasteiger partial charge is 0.251 e. The standard InChI is InChI=1S/C19H23ClN2O3S/c1-14-13-16(8-11-18(14)22(2)26(3,24)25)19(23)21-12-4-5-15-6-9-17(20)10-7-15/h6-11,13H,4-5,12H2,1-3H3,(H,21,23). The number of carbonyl (C=O) groups is 1. The Hall–Kier alpha value is -2.05. The summed E-state index contributed by atoms with van der Waals surface area (Å²) in [5, 5.41) is 3.60. The molecule has 0 aliphatic rings. The Bertz CT molecular complexity index is 880. The van der Waals surface area contributed by atoms with Gasteiger partial charge in [-0.15, -0.1) is 0 Å². The first kappa shape index (κ1) is 20.3. The average Bonchev–Trinajstić information content (AvgIpc) is 2.58. The molecule has 0 saturated heterocycles. The van der Waals surface area contributed by atoms with E-state index in [9.17, 15) is 13.2 Å². The van der Waals surface area contributed by atoms with Crippen LogP contribution in [0.15, 0.2) is 42.5 Å². The number of halogens is 1. The lowest BCUT2D eigenvalue weighted by atomic mass is 10.1. The second kappa shape index (κ2) is 8.56. The molecule has 2 rings (SSSR count). The summed E-state index contributed by atoms with van der Waals surface area (Å²) >= 11 is 5.86. The number of aryl methyl sites for hydroxylation is 2. The van der Waals surface area contributed by atoms with Crippen LogP contribution in [0, 0.1) is 6.92 Å². The first-order valence-corrected chi connectivity index (χ1v) is 10.5. The highest BCUT2D eigenvalue weighted by molar-refractivity contribution is 7.92. The molecule has 1 amide bonds. The molecule has 0 heterocycles. The second-order valence-electron chi connectivity index (χ2n) is 6.22. The van der Waals surface area contributed by atoms with Gasteiger partial charge in [0.1, 0.15) is 0 Å². The Morgan fingerprint density at radius 1 is 1.15 bits per heavy atom. The van der Waals surface area contributed by atoms with Crippen molar-refractivity contribution in [2.45, 2.75) is 19.8 Å². The van der Waals surface area contributed by atoms with E-state index in [1.54, 1.807) is 25.1 Å². The Labute approximate surface area is 160 Å². The third kappa shape index (κ3) is 5.47. The molecule has 0 atom stereocenters. The number of nitrogens with zero attached hydrogens (tertiary/aromatic N) is 1. The molecule has 0 fully saturated rings. The van der Waals surface area contributed by atoms with Crippen molar-refractivity contribution in [2.75, 3.05) is 24.2 Å². The van der Waals surface area contributed by atoms with Crippen molar-refractivity contribution < 1.29 is 13.2 Å². The lowest BCUT2D eigenvalue weighted by molar-refractivity contribution is 0.0953. The summed E-state index contributed by atoms with van der Waals surface area (Å²) in [6.07, 6.45) is 2.82. The number of sulfonamides is 1. The highest BCUT2D eigenvalue weighted by atomic mass is 35.5. The summed E-state index contributed by atoms with van der Waals surface area (Å²) in [6.45, 7) is 2.35. The van der Waals surface area contributed by atoms with E-state index in [2.05, 4.69) is 5.32 Å². The van der Waals surface area contributed by atoms with Crippen LogP contribution in [-0.4, -0.2) is 34.2 Å². The van der Waals surface area contributed by atoms with Crippen LogP contribution in [0.25, 0.3) is 0 Å². The molecule has 0 aliphatic carbocycles. The van der Waals surface area contributed by atoms with Crippen LogP contribution in [-0.2, 0) is 16.4 Å². The maximum absolute atomic E-state index is 12.3. The average molecular weight is 395 g/mol. The molecule has 2 aromatic rings. The maximum atomic E-state index is 12.3. The molecule has 2 aromatic carbocycles. The van der Waals surface area contributed by atoms with E-state index in [4.69, 9.17) is 11.6 Å². The first-order chi connectivity index (χ1) is 12.2. The summed E-state index contributed by atoms with van der Waals surface area (Å²) in [5.41, 5.74) is 2.98. The van der Waals surface area contributed by atoms with Crippen molar-refractivity contribution in [3.05, 3.63) is 64.2 Å². The third-order valence-electron chi connectivity index (χ3n) is 4.14. The largest absolute Gasteiger partial charge is 0.352 e. The van der Waals surface area contributed by atoms with Gasteiger partial charge in [-0.25, -0.2) is 8.42 Å². The van der Waals surface area contributed by atoms with Gasteiger partial charge in [-0.1, -0.05) is 23.7 Å². The molecular weight excluding hydrogens is 372 g/mol. The van der Waals surface area contributed by atoms with Gasteiger partial charge in [-0.3, -0.25) is 9.10 Å². The van der Waals surface area contributed by atoms with Gasteiger partial charge in [0, 0.05) is 24.2 Å². The fraction of sp³-hybridized carbons (Fsp3) is 0.316. The van der Waals surface area contributed by atoms with Crippen molar-refractivity contribution in [2.24, 2.45) is 0 Å². The lowest BCUT2D eigenvalue weighted by Gasteiger charge is -2.19. The molecule has 0 unspecified atom stereocenters. The molecular formula is C19H23ClN2O3S. The SMILES string of the molecule is Cc1cc(C(=O)NCCCc2ccc(Cl)cc2)ccc1N(C)S(C)(=O)=O. The van der Waals surface area contributed by atoms with Gasteiger partial charge >= 0.3 is 0 Å². The molecule has 0 aliphatic heterocycles. The summed E-state index contributed by atoms with van der Waals surface area (Å²) in [5.74, 6) is -0.169. The van der Waals surface area contributed by atoms with E-state index in [1.165, 1.54) is 16.9 Å². The van der Waals surface area contributed by atoms with Gasteiger partial charge < -0.3 is 5.32 Å². The minimum Gasteiger partial charge on any atom is -0.352 e. The summed E-state index contributed by atoms with van der Waals surface area (Å²) in [6, 6.07) is 12.7. The Balaban J connectivity index is 1.91. The molecule has 0 aromatic heterocycles. The summed E-state index contributed by atoms with van der Waals surface area (Å²) in [7, 11) is -1.84. The minimum atomic E-state index is -3.33. The molecule has 26 heavy (non-hydrogen) atoms. The molecule has 7 heteroatoms. The number of carbonyl (C=O) groups excluding carboxylic acids is 1. The quantitative estimate of drug-likeness (QED) is 0.732. The topological polar surface area (TPSA) is 66.5 Å². The Kier molecular flexibility index (Phi) is 6.67. The van der Waals surface area contributed by atoms with Crippen molar-refractivity contribution in [1.82, 2.24) is 5.32 Å². The van der Waals surface area contributed by atoms with E-state index < -0.39 is 10.0 Å². The number of benzene rings is 2. The monoisotopic (exact) mass is 394 g/mol.